The Kier molecular flexibility index (Phi) is 4.84. The van der Waals surface area contributed by atoms with Gasteiger partial charge in [0.1, 0.15) is 0 Å². The van der Waals surface area contributed by atoms with E-state index >= 15 is 0 Å². The number of rotatable bonds is 5. The van der Waals surface area contributed by atoms with Crippen LogP contribution in [0.4, 0.5) is 13.2 Å². The van der Waals surface area contributed by atoms with E-state index in [0.717, 1.165) is 12.1 Å². The third kappa shape index (κ3) is 4.24. The Morgan fingerprint density at radius 2 is 1.96 bits per heavy atom. The summed E-state index contributed by atoms with van der Waals surface area (Å²) in [5, 5.41) is 8.28. The standard InChI is InChI=1S/C16H12F3N3O2S/c17-16(18,19)11-5-3-10(4-6-11)14-21-13(24-22-14)7-8-20-15(23)12-2-1-9-25-12/h1-6,9H,7-8H2,(H,20,23). The fourth-order valence-corrected chi connectivity index (χ4v) is 2.70. The highest BCUT2D eigenvalue weighted by Crippen LogP contribution is 2.30. The predicted octanol–water partition coefficient (Wildman–Crippen LogP) is 3.79. The quantitative estimate of drug-likeness (QED) is 0.745. The average molecular weight is 367 g/mol. The van der Waals surface area contributed by atoms with Crippen molar-refractivity contribution in [2.75, 3.05) is 6.54 Å². The monoisotopic (exact) mass is 367 g/mol. The number of nitrogens with one attached hydrogen (secondary N) is 1. The number of carbonyl (C=O) groups is 1. The zero-order valence-electron chi connectivity index (χ0n) is 12.7. The predicted molar refractivity (Wildman–Crippen MR) is 85.1 cm³/mol. The molecule has 0 aliphatic carbocycles. The van der Waals surface area contributed by atoms with Crippen molar-refractivity contribution < 1.29 is 22.5 Å². The van der Waals surface area contributed by atoms with E-state index in [1.54, 1.807) is 12.1 Å². The van der Waals surface area contributed by atoms with Crippen molar-refractivity contribution in [1.29, 1.82) is 0 Å². The van der Waals surface area contributed by atoms with Gasteiger partial charge >= 0.3 is 6.18 Å². The number of aromatic nitrogens is 2. The van der Waals surface area contributed by atoms with Crippen LogP contribution in [0.5, 0.6) is 0 Å². The number of alkyl halides is 3. The Hall–Kier alpha value is -2.68. The Labute approximate surface area is 144 Å². The number of carbonyl (C=O) groups excluding carboxylic acids is 1. The fourth-order valence-electron chi connectivity index (χ4n) is 2.06. The van der Waals surface area contributed by atoms with Gasteiger partial charge in [-0.1, -0.05) is 23.4 Å². The van der Waals surface area contributed by atoms with Gasteiger partial charge in [0, 0.05) is 18.5 Å². The second-order valence-corrected chi connectivity index (χ2v) is 6.02. The summed E-state index contributed by atoms with van der Waals surface area (Å²) >= 11 is 1.34. The zero-order chi connectivity index (χ0) is 17.9. The minimum Gasteiger partial charge on any atom is -0.351 e. The van der Waals surface area contributed by atoms with Crippen molar-refractivity contribution >= 4 is 17.2 Å². The fraction of sp³-hybridized carbons (Fsp3) is 0.188. The molecule has 5 nitrogen and oxygen atoms in total. The molecule has 0 aliphatic heterocycles. The molecule has 1 aromatic carbocycles. The van der Waals surface area contributed by atoms with Gasteiger partial charge in [-0.25, -0.2) is 0 Å². The number of hydrogen-bond donors (Lipinski definition) is 1. The molecule has 1 N–H and O–H groups in total. The lowest BCUT2D eigenvalue weighted by atomic mass is 10.1. The maximum atomic E-state index is 12.5. The summed E-state index contributed by atoms with van der Waals surface area (Å²) in [6.07, 6.45) is -4.06. The third-order valence-electron chi connectivity index (χ3n) is 3.31. The summed E-state index contributed by atoms with van der Waals surface area (Å²) in [6.45, 7) is 0.311. The van der Waals surface area contributed by atoms with E-state index in [-0.39, 0.29) is 11.7 Å². The normalized spacial score (nSPS) is 11.5. The van der Waals surface area contributed by atoms with Crippen LogP contribution in [0.2, 0.25) is 0 Å². The van der Waals surface area contributed by atoms with Crippen LogP contribution in [0.25, 0.3) is 11.4 Å². The molecule has 0 saturated heterocycles. The molecule has 0 aliphatic rings. The molecule has 3 rings (SSSR count). The van der Waals surface area contributed by atoms with Crippen molar-refractivity contribution in [3.63, 3.8) is 0 Å². The first-order chi connectivity index (χ1) is 11.9. The number of thiophene rings is 1. The molecule has 0 radical (unpaired) electrons. The number of nitrogens with zero attached hydrogens (tertiary/aromatic N) is 2. The summed E-state index contributed by atoms with van der Waals surface area (Å²) < 4.78 is 42.7. The summed E-state index contributed by atoms with van der Waals surface area (Å²) in [5.74, 6) is 0.312. The second kappa shape index (κ2) is 7.06. The van der Waals surface area contributed by atoms with Crippen LogP contribution in [0, 0.1) is 0 Å². The molecule has 130 valence electrons. The van der Waals surface area contributed by atoms with Crippen molar-refractivity contribution in [2.24, 2.45) is 0 Å². The second-order valence-electron chi connectivity index (χ2n) is 5.07. The Balaban J connectivity index is 1.58. The van der Waals surface area contributed by atoms with Crippen molar-refractivity contribution in [3.8, 4) is 11.4 Å². The van der Waals surface area contributed by atoms with E-state index in [1.807, 2.05) is 5.38 Å². The van der Waals surface area contributed by atoms with E-state index in [2.05, 4.69) is 15.5 Å². The SMILES string of the molecule is O=C(NCCc1nc(-c2ccc(C(F)(F)F)cc2)no1)c1cccs1. The molecule has 0 unspecified atom stereocenters. The van der Waals surface area contributed by atoms with E-state index in [9.17, 15) is 18.0 Å². The average Bonchev–Trinajstić information content (AvgIpc) is 3.26. The largest absolute Gasteiger partial charge is 0.416 e. The van der Waals surface area contributed by atoms with Gasteiger partial charge in [0.15, 0.2) is 0 Å². The van der Waals surface area contributed by atoms with Crippen LogP contribution in [0.3, 0.4) is 0 Å². The summed E-state index contributed by atoms with van der Waals surface area (Å²) in [7, 11) is 0. The highest BCUT2D eigenvalue weighted by molar-refractivity contribution is 7.12. The minimum absolute atomic E-state index is 0.183. The summed E-state index contributed by atoms with van der Waals surface area (Å²) in [4.78, 5) is 16.5. The van der Waals surface area contributed by atoms with Crippen molar-refractivity contribution in [3.05, 3.63) is 58.1 Å². The number of amides is 1. The number of benzene rings is 1. The Bertz CT molecular complexity index is 842. The molecular weight excluding hydrogens is 355 g/mol. The van der Waals surface area contributed by atoms with Crippen molar-refractivity contribution in [2.45, 2.75) is 12.6 Å². The van der Waals surface area contributed by atoms with Crippen LogP contribution in [0.1, 0.15) is 21.1 Å². The minimum atomic E-state index is -4.39. The molecule has 0 spiro atoms. The Morgan fingerprint density at radius 1 is 1.20 bits per heavy atom. The highest BCUT2D eigenvalue weighted by atomic mass is 32.1. The van der Waals surface area contributed by atoms with Gasteiger partial charge in [-0.3, -0.25) is 4.79 Å². The zero-order valence-corrected chi connectivity index (χ0v) is 13.5. The van der Waals surface area contributed by atoms with Gasteiger partial charge < -0.3 is 9.84 Å². The molecule has 2 aromatic heterocycles. The smallest absolute Gasteiger partial charge is 0.351 e. The van der Waals surface area contributed by atoms with E-state index in [1.165, 1.54) is 23.5 Å². The topological polar surface area (TPSA) is 68.0 Å². The summed E-state index contributed by atoms with van der Waals surface area (Å²) in [5.41, 5.74) is -0.318. The van der Waals surface area contributed by atoms with Gasteiger partial charge in [0.25, 0.3) is 5.91 Å². The first-order valence-corrected chi connectivity index (χ1v) is 8.13. The highest BCUT2D eigenvalue weighted by Gasteiger charge is 2.30. The lowest BCUT2D eigenvalue weighted by Crippen LogP contribution is -2.24. The number of halogens is 3. The molecule has 0 fully saturated rings. The molecule has 0 atom stereocenters. The molecular formula is C16H12F3N3O2S. The first kappa shape index (κ1) is 17.2. The van der Waals surface area contributed by atoms with Crippen molar-refractivity contribution in [1.82, 2.24) is 15.5 Å². The van der Waals surface area contributed by atoms with Gasteiger partial charge in [-0.2, -0.15) is 18.2 Å². The third-order valence-corrected chi connectivity index (χ3v) is 4.18. The Morgan fingerprint density at radius 3 is 2.60 bits per heavy atom. The molecule has 0 bridgehead atoms. The molecule has 0 saturated carbocycles. The first-order valence-electron chi connectivity index (χ1n) is 7.25. The van der Waals surface area contributed by atoms with Crippen LogP contribution in [0.15, 0.2) is 46.3 Å². The van der Waals surface area contributed by atoms with Gasteiger partial charge in [0.05, 0.1) is 10.4 Å². The van der Waals surface area contributed by atoms with Gasteiger partial charge in [-0.15, -0.1) is 11.3 Å². The van der Waals surface area contributed by atoms with Crippen LogP contribution < -0.4 is 5.32 Å². The maximum Gasteiger partial charge on any atom is 0.416 e. The van der Waals surface area contributed by atoms with Crippen LogP contribution >= 0.6 is 11.3 Å². The molecule has 2 heterocycles. The number of hydrogen-bond acceptors (Lipinski definition) is 5. The van der Waals surface area contributed by atoms with Crippen LogP contribution in [-0.2, 0) is 12.6 Å². The van der Waals surface area contributed by atoms with E-state index in [4.69, 9.17) is 4.52 Å². The van der Waals surface area contributed by atoms with Crippen LogP contribution in [-0.4, -0.2) is 22.6 Å². The van der Waals surface area contributed by atoms with Gasteiger partial charge in [-0.05, 0) is 23.6 Å². The maximum absolute atomic E-state index is 12.5. The molecule has 25 heavy (non-hydrogen) atoms. The lowest BCUT2D eigenvalue weighted by Gasteiger charge is -2.05. The van der Waals surface area contributed by atoms with E-state index in [0.29, 0.717) is 29.3 Å². The summed E-state index contributed by atoms with van der Waals surface area (Å²) in [6, 6.07) is 8.01. The van der Waals surface area contributed by atoms with E-state index < -0.39 is 11.7 Å². The molecule has 9 heteroatoms. The molecule has 3 aromatic rings. The van der Waals surface area contributed by atoms with Gasteiger partial charge in [0.2, 0.25) is 11.7 Å². The molecule has 1 amide bonds. The lowest BCUT2D eigenvalue weighted by molar-refractivity contribution is -0.137.